The number of hydrogen-bond acceptors (Lipinski definition) is 8. The van der Waals surface area contributed by atoms with Crippen LogP contribution in [0.2, 0.25) is 0 Å². The first kappa shape index (κ1) is 12.3. The van der Waals surface area contributed by atoms with Crippen LogP contribution in [0.4, 0.5) is 0 Å². The van der Waals surface area contributed by atoms with Crippen LogP contribution in [0.3, 0.4) is 0 Å². The lowest BCUT2D eigenvalue weighted by atomic mass is 10.0. The zero-order chi connectivity index (χ0) is 11.8. The molecule has 4 atom stereocenters. The van der Waals surface area contributed by atoms with Gasteiger partial charge in [0.05, 0.1) is 15.9 Å². The average molecular weight is 241 g/mol. The Morgan fingerprint density at radius 3 is 2.27 bits per heavy atom. The normalized spacial score (nSPS) is 37.5. The van der Waals surface area contributed by atoms with Crippen LogP contribution >= 0.6 is 0 Å². The van der Waals surface area contributed by atoms with E-state index >= 15 is 0 Å². The summed E-state index contributed by atoms with van der Waals surface area (Å²) in [5, 5.41) is 27.2. The van der Waals surface area contributed by atoms with Crippen molar-refractivity contribution in [3.63, 3.8) is 0 Å². The summed E-state index contributed by atoms with van der Waals surface area (Å²) in [5.74, 6) is -2.43. The number of rotatable bonds is 2. The van der Waals surface area contributed by atoms with Gasteiger partial charge in [-0.05, 0) is 0 Å². The van der Waals surface area contributed by atoms with E-state index in [0.717, 1.165) is 0 Å². The molecule has 8 nitrogen and oxygen atoms in total. The minimum absolute atomic E-state index is 1.15. The van der Waals surface area contributed by atoms with Gasteiger partial charge in [0.2, 0.25) is 0 Å². The van der Waals surface area contributed by atoms with Gasteiger partial charge in [-0.3, -0.25) is 0 Å². The maximum absolute atomic E-state index is 10.8. The first-order chi connectivity index (χ1) is 6.72. The molecular weight excluding hydrogens is 232 g/mol. The molecule has 0 aromatic rings. The van der Waals surface area contributed by atoms with E-state index in [0.29, 0.717) is 0 Å². The number of aliphatic hydroxyl groups excluding tert-OH is 3. The first-order valence-corrected chi connectivity index (χ1v) is 5.48. The van der Waals surface area contributed by atoms with Gasteiger partial charge in [0.25, 0.3) is 0 Å². The van der Waals surface area contributed by atoms with Crippen LogP contribution in [0.15, 0.2) is 0 Å². The molecule has 0 spiro atoms. The second-order valence-corrected chi connectivity index (χ2v) is 4.57. The SMILES string of the molecule is O=C1O[C@H](CS(=O)(=O)[O-])[C@@H](O)[C@H](O)[C@H]1O. The van der Waals surface area contributed by atoms with Crippen molar-refractivity contribution in [2.24, 2.45) is 0 Å². The molecule has 0 unspecified atom stereocenters. The van der Waals surface area contributed by atoms with Crippen LogP contribution in [-0.4, -0.2) is 64.4 Å². The van der Waals surface area contributed by atoms with E-state index in [2.05, 4.69) is 4.74 Å². The zero-order valence-corrected chi connectivity index (χ0v) is 8.12. The van der Waals surface area contributed by atoms with Gasteiger partial charge in [-0.2, -0.15) is 0 Å². The predicted molar refractivity (Wildman–Crippen MR) is 42.5 cm³/mol. The number of carbonyl (C=O) groups excluding carboxylic acids is 1. The van der Waals surface area contributed by atoms with Crippen molar-refractivity contribution >= 4 is 16.1 Å². The van der Waals surface area contributed by atoms with Gasteiger partial charge < -0.3 is 24.6 Å². The fourth-order valence-corrected chi connectivity index (χ4v) is 1.84. The van der Waals surface area contributed by atoms with Gasteiger partial charge in [0.1, 0.15) is 18.3 Å². The van der Waals surface area contributed by atoms with Crippen molar-refractivity contribution in [2.75, 3.05) is 5.75 Å². The van der Waals surface area contributed by atoms with Crippen molar-refractivity contribution in [3.05, 3.63) is 0 Å². The van der Waals surface area contributed by atoms with E-state index in [1.54, 1.807) is 0 Å². The highest BCUT2D eigenvalue weighted by Gasteiger charge is 2.44. The lowest BCUT2D eigenvalue weighted by molar-refractivity contribution is -0.199. The summed E-state index contributed by atoms with van der Waals surface area (Å²) in [7, 11) is -4.70. The quantitative estimate of drug-likeness (QED) is 0.334. The number of aliphatic hydroxyl groups is 3. The third-order valence-electron chi connectivity index (χ3n) is 1.93. The van der Waals surface area contributed by atoms with Crippen LogP contribution < -0.4 is 0 Å². The molecule has 0 aromatic heterocycles. The molecule has 0 radical (unpaired) electrons. The van der Waals surface area contributed by atoms with Gasteiger partial charge in [0.15, 0.2) is 6.10 Å². The Bertz CT molecular complexity index is 348. The van der Waals surface area contributed by atoms with E-state index < -0.39 is 46.3 Å². The summed E-state index contributed by atoms with van der Waals surface area (Å²) in [5.41, 5.74) is 0. The monoisotopic (exact) mass is 241 g/mol. The van der Waals surface area contributed by atoms with Crippen LogP contribution in [0, 0.1) is 0 Å². The highest BCUT2D eigenvalue weighted by Crippen LogP contribution is 2.17. The fourth-order valence-electron chi connectivity index (χ4n) is 1.17. The molecule has 9 heteroatoms. The van der Waals surface area contributed by atoms with Gasteiger partial charge in [0, 0.05) is 0 Å². The highest BCUT2D eigenvalue weighted by atomic mass is 32.2. The van der Waals surface area contributed by atoms with E-state index in [1.165, 1.54) is 0 Å². The Labute approximate surface area is 84.8 Å². The largest absolute Gasteiger partial charge is 0.748 e. The maximum atomic E-state index is 10.8. The summed E-state index contributed by atoms with van der Waals surface area (Å²) in [4.78, 5) is 10.8. The molecule has 0 aliphatic carbocycles. The van der Waals surface area contributed by atoms with E-state index in [4.69, 9.17) is 10.2 Å². The number of carbonyl (C=O) groups is 1. The molecule has 1 aliphatic heterocycles. The Morgan fingerprint density at radius 2 is 1.80 bits per heavy atom. The van der Waals surface area contributed by atoms with Crippen LogP contribution in [0.25, 0.3) is 0 Å². The standard InChI is InChI=1S/C6H10O8S/c7-3-2(1-15(11,12)13)14-6(10)5(9)4(3)8/h2-5,7-9H,1H2,(H,11,12,13)/p-1/t2-,3-,4+,5-/m1/s1. The van der Waals surface area contributed by atoms with Crippen LogP contribution in [0.1, 0.15) is 0 Å². The van der Waals surface area contributed by atoms with E-state index in [-0.39, 0.29) is 0 Å². The third-order valence-corrected chi connectivity index (χ3v) is 2.67. The van der Waals surface area contributed by atoms with Crippen molar-refractivity contribution in [3.8, 4) is 0 Å². The van der Waals surface area contributed by atoms with Crippen molar-refractivity contribution in [2.45, 2.75) is 24.4 Å². The Kier molecular flexibility index (Phi) is 3.31. The minimum atomic E-state index is -4.70. The highest BCUT2D eigenvalue weighted by molar-refractivity contribution is 7.85. The van der Waals surface area contributed by atoms with Gasteiger partial charge >= 0.3 is 5.97 Å². The number of ether oxygens (including phenoxy) is 1. The first-order valence-electron chi connectivity index (χ1n) is 3.90. The second kappa shape index (κ2) is 4.02. The summed E-state index contributed by atoms with van der Waals surface area (Å²) in [6.07, 6.45) is -7.26. The van der Waals surface area contributed by atoms with Crippen molar-refractivity contribution < 1.29 is 37.8 Å². The lowest BCUT2D eigenvalue weighted by Gasteiger charge is -2.34. The summed E-state index contributed by atoms with van der Waals surface area (Å²) >= 11 is 0. The molecule has 0 aromatic carbocycles. The molecule has 1 aliphatic rings. The molecular formula is C6H9O8S-. The number of hydrogen-bond donors (Lipinski definition) is 3. The Balaban J connectivity index is 2.80. The van der Waals surface area contributed by atoms with Crippen LogP contribution in [0.5, 0.6) is 0 Å². The summed E-state index contributed by atoms with van der Waals surface area (Å²) < 4.78 is 35.3. The Hall–Kier alpha value is -0.740. The number of cyclic esters (lactones) is 1. The molecule has 1 rings (SSSR count). The molecule has 0 amide bonds. The Morgan fingerprint density at radius 1 is 1.27 bits per heavy atom. The molecule has 0 saturated carbocycles. The van der Waals surface area contributed by atoms with E-state index in [9.17, 15) is 22.9 Å². The van der Waals surface area contributed by atoms with Gasteiger partial charge in [-0.15, -0.1) is 0 Å². The second-order valence-electron chi connectivity index (χ2n) is 3.13. The molecule has 3 N–H and O–H groups in total. The van der Waals surface area contributed by atoms with Gasteiger partial charge in [-0.1, -0.05) is 0 Å². The molecule has 1 heterocycles. The van der Waals surface area contributed by atoms with Crippen LogP contribution in [-0.2, 0) is 19.6 Å². The number of esters is 1. The maximum Gasteiger partial charge on any atom is 0.338 e. The predicted octanol–water partition coefficient (Wildman–Crippen LogP) is -3.46. The molecule has 0 bridgehead atoms. The summed E-state index contributed by atoms with van der Waals surface area (Å²) in [6, 6.07) is 0. The summed E-state index contributed by atoms with van der Waals surface area (Å²) in [6.45, 7) is 0. The third kappa shape index (κ3) is 2.86. The molecule has 1 saturated heterocycles. The zero-order valence-electron chi connectivity index (χ0n) is 7.31. The topological polar surface area (TPSA) is 144 Å². The average Bonchev–Trinajstić information content (AvgIpc) is 2.08. The smallest absolute Gasteiger partial charge is 0.338 e. The minimum Gasteiger partial charge on any atom is -0.748 e. The molecule has 15 heavy (non-hydrogen) atoms. The van der Waals surface area contributed by atoms with Crippen molar-refractivity contribution in [1.29, 1.82) is 0 Å². The van der Waals surface area contributed by atoms with Gasteiger partial charge in [-0.25, -0.2) is 13.2 Å². The van der Waals surface area contributed by atoms with Crippen molar-refractivity contribution in [1.82, 2.24) is 0 Å². The fraction of sp³-hybridized carbons (Fsp3) is 0.833. The molecule has 1 fully saturated rings. The lowest BCUT2D eigenvalue weighted by Crippen LogP contribution is -2.57. The molecule has 88 valence electrons. The van der Waals surface area contributed by atoms with E-state index in [1.807, 2.05) is 0 Å².